The van der Waals surface area contributed by atoms with Gasteiger partial charge >= 0.3 is 6.09 Å². The summed E-state index contributed by atoms with van der Waals surface area (Å²) >= 11 is 0. The smallest absolute Gasteiger partial charge is 0.410 e. The Hall–Kier alpha value is -3.42. The van der Waals surface area contributed by atoms with Gasteiger partial charge in [-0.2, -0.15) is 0 Å². The van der Waals surface area contributed by atoms with E-state index in [1.807, 2.05) is 39.0 Å². The van der Waals surface area contributed by atoms with Gasteiger partial charge in [0.2, 0.25) is 11.7 Å². The Morgan fingerprint density at radius 2 is 1.66 bits per heavy atom. The molecule has 0 aromatic heterocycles. The minimum Gasteiger partial charge on any atom is -0.493 e. The lowest BCUT2D eigenvalue weighted by atomic mass is 10.1. The van der Waals surface area contributed by atoms with E-state index in [2.05, 4.69) is 5.32 Å². The van der Waals surface area contributed by atoms with Crippen molar-refractivity contribution < 1.29 is 28.5 Å². The molecular weight excluding hydrogens is 412 g/mol. The Morgan fingerprint density at radius 3 is 2.25 bits per heavy atom. The summed E-state index contributed by atoms with van der Waals surface area (Å²) in [5, 5.41) is 2.89. The fraction of sp³-hybridized carbons (Fsp3) is 0.417. The quantitative estimate of drug-likeness (QED) is 0.655. The lowest BCUT2D eigenvalue weighted by Gasteiger charge is -2.24. The van der Waals surface area contributed by atoms with Crippen molar-refractivity contribution in [3.05, 3.63) is 47.5 Å². The number of hydrogen-bond acceptors (Lipinski definition) is 6. The molecule has 8 heteroatoms. The third-order valence-corrected chi connectivity index (χ3v) is 4.47. The molecule has 0 saturated heterocycles. The van der Waals surface area contributed by atoms with Crippen LogP contribution in [0.15, 0.2) is 36.4 Å². The average molecular weight is 445 g/mol. The minimum absolute atomic E-state index is 0.0889. The number of ether oxygens (including phenoxy) is 4. The van der Waals surface area contributed by atoms with Crippen molar-refractivity contribution in [1.29, 1.82) is 0 Å². The first-order valence-corrected chi connectivity index (χ1v) is 10.2. The third kappa shape index (κ3) is 6.80. The predicted molar refractivity (Wildman–Crippen MR) is 123 cm³/mol. The van der Waals surface area contributed by atoms with Gasteiger partial charge in [-0.15, -0.1) is 0 Å². The van der Waals surface area contributed by atoms with E-state index in [1.165, 1.54) is 26.2 Å². The Kier molecular flexibility index (Phi) is 8.34. The molecule has 0 aliphatic heterocycles. The SMILES string of the molecule is COc1ccc(CC(=O)Nc2cccc(CN(C)C(=O)OC(C)(C)C)c2)c(OC)c1OC. The van der Waals surface area contributed by atoms with Crippen LogP contribution in [0.25, 0.3) is 0 Å². The van der Waals surface area contributed by atoms with Gasteiger partial charge in [0.1, 0.15) is 5.60 Å². The van der Waals surface area contributed by atoms with E-state index in [0.29, 0.717) is 35.0 Å². The summed E-state index contributed by atoms with van der Waals surface area (Å²) in [6, 6.07) is 10.8. The van der Waals surface area contributed by atoms with E-state index in [1.54, 1.807) is 25.2 Å². The standard InChI is InChI=1S/C24H32N2O6/c1-24(2,3)32-23(28)26(4)15-16-9-8-10-18(13-16)25-20(27)14-17-11-12-19(29-5)22(31-7)21(17)30-6/h8-13H,14-15H2,1-7H3,(H,25,27). The third-order valence-electron chi connectivity index (χ3n) is 4.47. The number of carbonyl (C=O) groups excluding carboxylic acids is 2. The fourth-order valence-corrected chi connectivity index (χ4v) is 3.11. The highest BCUT2D eigenvalue weighted by atomic mass is 16.6. The number of anilines is 1. The molecule has 32 heavy (non-hydrogen) atoms. The molecule has 2 amide bonds. The number of benzene rings is 2. The predicted octanol–water partition coefficient (Wildman–Crippen LogP) is 4.26. The largest absolute Gasteiger partial charge is 0.493 e. The van der Waals surface area contributed by atoms with Crippen molar-refractivity contribution in [3.63, 3.8) is 0 Å². The van der Waals surface area contributed by atoms with Crippen molar-refractivity contribution in [2.75, 3.05) is 33.7 Å². The maximum absolute atomic E-state index is 12.7. The molecular formula is C24H32N2O6. The summed E-state index contributed by atoms with van der Waals surface area (Å²) in [7, 11) is 6.24. The van der Waals surface area contributed by atoms with Gasteiger partial charge in [-0.25, -0.2) is 4.79 Å². The summed E-state index contributed by atoms with van der Waals surface area (Å²) in [6.07, 6.45) is -0.321. The van der Waals surface area contributed by atoms with Crippen LogP contribution < -0.4 is 19.5 Å². The fourth-order valence-electron chi connectivity index (χ4n) is 3.11. The van der Waals surface area contributed by atoms with Crippen molar-refractivity contribution in [2.45, 2.75) is 39.3 Å². The first-order valence-electron chi connectivity index (χ1n) is 10.2. The van der Waals surface area contributed by atoms with Gasteiger partial charge in [0.05, 0.1) is 27.8 Å². The van der Waals surface area contributed by atoms with Crippen molar-refractivity contribution >= 4 is 17.7 Å². The highest BCUT2D eigenvalue weighted by Crippen LogP contribution is 2.39. The lowest BCUT2D eigenvalue weighted by molar-refractivity contribution is -0.115. The molecule has 0 fully saturated rings. The summed E-state index contributed by atoms with van der Waals surface area (Å²) in [5.74, 6) is 1.20. The Balaban J connectivity index is 2.08. The van der Waals surface area contributed by atoms with E-state index in [0.717, 1.165) is 5.56 Å². The second-order valence-electron chi connectivity index (χ2n) is 8.26. The first-order chi connectivity index (χ1) is 15.1. The monoisotopic (exact) mass is 444 g/mol. The van der Waals surface area contributed by atoms with Crippen LogP contribution in [0.5, 0.6) is 17.2 Å². The summed E-state index contributed by atoms with van der Waals surface area (Å²) in [6.45, 7) is 5.81. The maximum Gasteiger partial charge on any atom is 0.410 e. The molecule has 0 heterocycles. The molecule has 2 aromatic rings. The molecule has 1 N–H and O–H groups in total. The molecule has 2 rings (SSSR count). The molecule has 0 unspecified atom stereocenters. The molecule has 0 aliphatic carbocycles. The summed E-state index contributed by atoms with van der Waals surface area (Å²) in [5.41, 5.74) is 1.60. The summed E-state index contributed by atoms with van der Waals surface area (Å²) < 4.78 is 21.5. The normalized spacial score (nSPS) is 10.8. The number of nitrogens with one attached hydrogen (secondary N) is 1. The van der Waals surface area contributed by atoms with E-state index >= 15 is 0 Å². The van der Waals surface area contributed by atoms with Gasteiger partial charge in [0.25, 0.3) is 0 Å². The lowest BCUT2D eigenvalue weighted by Crippen LogP contribution is -2.33. The van der Waals surface area contributed by atoms with Crippen LogP contribution in [0.4, 0.5) is 10.5 Å². The Morgan fingerprint density at radius 1 is 0.969 bits per heavy atom. The topological polar surface area (TPSA) is 86.3 Å². The maximum atomic E-state index is 12.7. The highest BCUT2D eigenvalue weighted by Gasteiger charge is 2.20. The number of nitrogens with zero attached hydrogens (tertiary/aromatic N) is 1. The van der Waals surface area contributed by atoms with E-state index in [9.17, 15) is 9.59 Å². The van der Waals surface area contributed by atoms with Crippen LogP contribution in [-0.4, -0.2) is 50.9 Å². The molecule has 0 aliphatic rings. The van der Waals surface area contributed by atoms with Crippen LogP contribution in [0.3, 0.4) is 0 Å². The average Bonchev–Trinajstić information content (AvgIpc) is 2.72. The van der Waals surface area contributed by atoms with Crippen LogP contribution in [0, 0.1) is 0 Å². The van der Waals surface area contributed by atoms with Gasteiger partial charge in [0, 0.05) is 24.8 Å². The Bertz CT molecular complexity index is 952. The van der Waals surface area contributed by atoms with Crippen molar-refractivity contribution in [2.24, 2.45) is 0 Å². The second-order valence-corrected chi connectivity index (χ2v) is 8.26. The van der Waals surface area contributed by atoms with Crippen molar-refractivity contribution in [1.82, 2.24) is 4.90 Å². The number of rotatable bonds is 8. The number of methoxy groups -OCH3 is 3. The number of carbonyl (C=O) groups is 2. The molecule has 0 saturated carbocycles. The molecule has 0 atom stereocenters. The number of hydrogen-bond donors (Lipinski definition) is 1. The molecule has 174 valence electrons. The van der Waals surface area contributed by atoms with E-state index in [-0.39, 0.29) is 12.3 Å². The van der Waals surface area contributed by atoms with Crippen LogP contribution >= 0.6 is 0 Å². The molecule has 0 radical (unpaired) electrons. The Labute approximate surface area is 189 Å². The van der Waals surface area contributed by atoms with Gasteiger partial charge in [-0.3, -0.25) is 4.79 Å². The van der Waals surface area contributed by atoms with Gasteiger partial charge in [-0.1, -0.05) is 18.2 Å². The summed E-state index contributed by atoms with van der Waals surface area (Å²) in [4.78, 5) is 26.4. The zero-order chi connectivity index (χ0) is 23.9. The molecule has 0 bridgehead atoms. The minimum atomic E-state index is -0.563. The highest BCUT2D eigenvalue weighted by molar-refractivity contribution is 5.93. The first kappa shape index (κ1) is 24.8. The molecule has 2 aromatic carbocycles. The van der Waals surface area contributed by atoms with E-state index in [4.69, 9.17) is 18.9 Å². The van der Waals surface area contributed by atoms with Gasteiger partial charge in [-0.05, 0) is 44.5 Å². The van der Waals surface area contributed by atoms with Crippen LogP contribution in [0.2, 0.25) is 0 Å². The number of amides is 2. The van der Waals surface area contributed by atoms with Crippen LogP contribution in [0.1, 0.15) is 31.9 Å². The van der Waals surface area contributed by atoms with Gasteiger partial charge < -0.3 is 29.2 Å². The van der Waals surface area contributed by atoms with E-state index < -0.39 is 11.7 Å². The zero-order valence-corrected chi connectivity index (χ0v) is 19.8. The zero-order valence-electron chi connectivity index (χ0n) is 19.8. The van der Waals surface area contributed by atoms with Gasteiger partial charge in [0.15, 0.2) is 11.5 Å². The second kappa shape index (κ2) is 10.7. The molecule has 8 nitrogen and oxygen atoms in total. The van der Waals surface area contributed by atoms with Crippen LogP contribution in [-0.2, 0) is 22.5 Å². The van der Waals surface area contributed by atoms with Crippen molar-refractivity contribution in [3.8, 4) is 17.2 Å². The molecule has 0 spiro atoms.